The third-order valence-corrected chi connectivity index (χ3v) is 3.44. The van der Waals surface area contributed by atoms with E-state index in [1.54, 1.807) is 7.11 Å². The van der Waals surface area contributed by atoms with Gasteiger partial charge in [0, 0.05) is 20.3 Å². The smallest absolute Gasteiger partial charge is 0.240 e. The second-order valence-electron chi connectivity index (χ2n) is 5.69. The van der Waals surface area contributed by atoms with Crippen LogP contribution in [0.25, 0.3) is 0 Å². The van der Waals surface area contributed by atoms with Crippen LogP contribution in [0.1, 0.15) is 40.5 Å². The molecule has 100 valence electrons. The van der Waals surface area contributed by atoms with E-state index in [2.05, 4.69) is 26.1 Å². The molecule has 1 heterocycles. The van der Waals surface area contributed by atoms with Crippen molar-refractivity contribution in [1.82, 2.24) is 10.2 Å². The van der Waals surface area contributed by atoms with Crippen LogP contribution in [0.15, 0.2) is 0 Å². The van der Waals surface area contributed by atoms with Gasteiger partial charge in [-0.05, 0) is 25.2 Å². The van der Waals surface area contributed by atoms with Gasteiger partial charge in [-0.3, -0.25) is 10.1 Å². The van der Waals surface area contributed by atoms with Gasteiger partial charge in [0.15, 0.2) is 0 Å². The standard InChI is InChI=1S/C13H26N2O2/c1-6-11-14-10(2)12(16)15(11)9-13(3,4)7-8-17-5/h10-11,14H,6-9H2,1-5H3. The Kier molecular flexibility index (Phi) is 4.95. The molecule has 0 aromatic rings. The second-order valence-corrected chi connectivity index (χ2v) is 5.69. The highest BCUT2D eigenvalue weighted by atomic mass is 16.5. The number of ether oxygens (including phenoxy) is 1. The first-order valence-corrected chi connectivity index (χ1v) is 6.46. The summed E-state index contributed by atoms with van der Waals surface area (Å²) in [5, 5.41) is 3.33. The van der Waals surface area contributed by atoms with Crippen molar-refractivity contribution >= 4 is 5.91 Å². The minimum Gasteiger partial charge on any atom is -0.385 e. The molecule has 1 aliphatic heterocycles. The van der Waals surface area contributed by atoms with Gasteiger partial charge in [-0.1, -0.05) is 20.8 Å². The summed E-state index contributed by atoms with van der Waals surface area (Å²) in [6.07, 6.45) is 2.12. The van der Waals surface area contributed by atoms with Crippen molar-refractivity contribution in [2.45, 2.75) is 52.7 Å². The van der Waals surface area contributed by atoms with Gasteiger partial charge in [0.05, 0.1) is 12.2 Å². The summed E-state index contributed by atoms with van der Waals surface area (Å²) in [6.45, 7) is 9.97. The second kappa shape index (κ2) is 5.83. The lowest BCUT2D eigenvalue weighted by Crippen LogP contribution is -2.43. The molecule has 1 N–H and O–H groups in total. The topological polar surface area (TPSA) is 41.6 Å². The Hall–Kier alpha value is -0.610. The lowest BCUT2D eigenvalue weighted by atomic mass is 9.89. The zero-order valence-corrected chi connectivity index (χ0v) is 11.7. The third-order valence-electron chi connectivity index (χ3n) is 3.44. The maximum absolute atomic E-state index is 12.1. The summed E-state index contributed by atoms with van der Waals surface area (Å²) in [7, 11) is 1.72. The van der Waals surface area contributed by atoms with Crippen LogP contribution in [0, 0.1) is 5.41 Å². The third kappa shape index (κ3) is 3.68. The molecule has 2 unspecified atom stereocenters. The lowest BCUT2D eigenvalue weighted by Gasteiger charge is -2.33. The van der Waals surface area contributed by atoms with Crippen molar-refractivity contribution in [3.63, 3.8) is 0 Å². The summed E-state index contributed by atoms with van der Waals surface area (Å²) in [5.74, 6) is 0.224. The number of hydrogen-bond donors (Lipinski definition) is 1. The van der Waals surface area contributed by atoms with Gasteiger partial charge in [0.1, 0.15) is 0 Å². The Bertz CT molecular complexity index is 266. The maximum Gasteiger partial charge on any atom is 0.240 e. The highest BCUT2D eigenvalue weighted by Gasteiger charge is 2.37. The molecule has 0 aromatic heterocycles. The van der Waals surface area contributed by atoms with Crippen LogP contribution in [0.2, 0.25) is 0 Å². The van der Waals surface area contributed by atoms with Gasteiger partial charge in [0.25, 0.3) is 0 Å². The predicted molar refractivity (Wildman–Crippen MR) is 68.7 cm³/mol. The van der Waals surface area contributed by atoms with Gasteiger partial charge in [-0.15, -0.1) is 0 Å². The molecule has 0 aliphatic carbocycles. The Morgan fingerprint density at radius 2 is 2.12 bits per heavy atom. The zero-order chi connectivity index (χ0) is 13.1. The summed E-state index contributed by atoms with van der Waals surface area (Å²) >= 11 is 0. The molecule has 0 saturated carbocycles. The number of nitrogens with zero attached hydrogens (tertiary/aromatic N) is 1. The SMILES string of the molecule is CCC1NC(C)C(=O)N1CC(C)(C)CCOC. The highest BCUT2D eigenvalue weighted by molar-refractivity contribution is 5.83. The first-order chi connectivity index (χ1) is 7.91. The normalized spacial score (nSPS) is 25.7. The quantitative estimate of drug-likeness (QED) is 0.769. The van der Waals surface area contributed by atoms with Crippen molar-refractivity contribution in [3.8, 4) is 0 Å². The first-order valence-electron chi connectivity index (χ1n) is 6.46. The van der Waals surface area contributed by atoms with E-state index < -0.39 is 0 Å². The predicted octanol–water partition coefficient (Wildman–Crippen LogP) is 1.61. The monoisotopic (exact) mass is 242 g/mol. The van der Waals surface area contributed by atoms with Gasteiger partial charge >= 0.3 is 0 Å². The molecule has 0 spiro atoms. The molecular formula is C13H26N2O2. The van der Waals surface area contributed by atoms with Crippen molar-refractivity contribution in [1.29, 1.82) is 0 Å². The Morgan fingerprint density at radius 3 is 2.65 bits per heavy atom. The summed E-state index contributed by atoms with van der Waals surface area (Å²) < 4.78 is 5.12. The molecule has 2 atom stereocenters. The van der Waals surface area contributed by atoms with Crippen molar-refractivity contribution in [2.75, 3.05) is 20.3 Å². The number of carbonyl (C=O) groups is 1. The molecule has 1 aliphatic rings. The van der Waals surface area contributed by atoms with E-state index >= 15 is 0 Å². The van der Waals surface area contributed by atoms with E-state index in [9.17, 15) is 4.79 Å². The van der Waals surface area contributed by atoms with Crippen LogP contribution in [0.3, 0.4) is 0 Å². The fraction of sp³-hybridized carbons (Fsp3) is 0.923. The minimum absolute atomic E-state index is 0.0434. The average molecular weight is 242 g/mol. The number of hydrogen-bond acceptors (Lipinski definition) is 3. The number of rotatable bonds is 6. The van der Waals surface area contributed by atoms with Crippen molar-refractivity contribution in [2.24, 2.45) is 5.41 Å². The number of carbonyl (C=O) groups excluding carboxylic acids is 1. The molecule has 1 fully saturated rings. The fourth-order valence-electron chi connectivity index (χ4n) is 2.30. The molecule has 0 bridgehead atoms. The van der Waals surface area contributed by atoms with Crippen molar-refractivity contribution < 1.29 is 9.53 Å². The molecule has 17 heavy (non-hydrogen) atoms. The number of methoxy groups -OCH3 is 1. The van der Waals surface area contributed by atoms with E-state index in [4.69, 9.17) is 4.74 Å². The average Bonchev–Trinajstić information content (AvgIpc) is 2.54. The van der Waals surface area contributed by atoms with Crippen LogP contribution in [-0.4, -0.2) is 43.3 Å². The van der Waals surface area contributed by atoms with Crippen LogP contribution in [0.4, 0.5) is 0 Å². The Labute approximate surface area is 105 Å². The molecule has 0 aromatic carbocycles. The lowest BCUT2D eigenvalue weighted by molar-refractivity contribution is -0.131. The molecule has 4 nitrogen and oxygen atoms in total. The summed E-state index contributed by atoms with van der Waals surface area (Å²) in [6, 6.07) is -0.0434. The van der Waals surface area contributed by atoms with Gasteiger partial charge in [0.2, 0.25) is 5.91 Å². The van der Waals surface area contributed by atoms with E-state index in [1.807, 2.05) is 11.8 Å². The molecule has 4 heteroatoms. The van der Waals surface area contributed by atoms with E-state index in [-0.39, 0.29) is 23.5 Å². The van der Waals surface area contributed by atoms with Gasteiger partial charge in [-0.2, -0.15) is 0 Å². The van der Waals surface area contributed by atoms with E-state index in [0.29, 0.717) is 0 Å². The number of amides is 1. The van der Waals surface area contributed by atoms with Gasteiger partial charge < -0.3 is 9.64 Å². The maximum atomic E-state index is 12.1. The minimum atomic E-state index is -0.0434. The van der Waals surface area contributed by atoms with Crippen LogP contribution in [0.5, 0.6) is 0 Å². The highest BCUT2D eigenvalue weighted by Crippen LogP contribution is 2.25. The van der Waals surface area contributed by atoms with Crippen LogP contribution < -0.4 is 5.32 Å². The molecule has 1 rings (SSSR count). The summed E-state index contributed by atoms with van der Waals surface area (Å²) in [4.78, 5) is 14.0. The molecule has 1 saturated heterocycles. The van der Waals surface area contributed by atoms with E-state index in [0.717, 1.165) is 26.0 Å². The fourth-order valence-corrected chi connectivity index (χ4v) is 2.30. The molecule has 0 radical (unpaired) electrons. The number of nitrogens with one attached hydrogen (secondary N) is 1. The largest absolute Gasteiger partial charge is 0.385 e. The zero-order valence-electron chi connectivity index (χ0n) is 11.7. The van der Waals surface area contributed by atoms with E-state index in [1.165, 1.54) is 0 Å². The molecule has 1 amide bonds. The Morgan fingerprint density at radius 1 is 1.47 bits per heavy atom. The van der Waals surface area contributed by atoms with Crippen LogP contribution in [-0.2, 0) is 9.53 Å². The van der Waals surface area contributed by atoms with Crippen molar-refractivity contribution in [3.05, 3.63) is 0 Å². The van der Waals surface area contributed by atoms with Gasteiger partial charge in [-0.25, -0.2) is 0 Å². The summed E-state index contributed by atoms with van der Waals surface area (Å²) in [5.41, 5.74) is 0.102. The Balaban J connectivity index is 2.62. The molecular weight excluding hydrogens is 216 g/mol. The first kappa shape index (κ1) is 14.5. The van der Waals surface area contributed by atoms with Crippen LogP contribution >= 0.6 is 0 Å².